The lowest BCUT2D eigenvalue weighted by atomic mass is 9.88. The first kappa shape index (κ1) is 37.6. The van der Waals surface area contributed by atoms with Gasteiger partial charge in [-0.05, 0) is 103 Å². The largest absolute Gasteiger partial charge is 0.373 e. The first-order chi connectivity index (χ1) is 24.2. The number of carbonyl (C=O) groups excluding carboxylic acids is 2. The number of carbonyl (C=O) groups is 2. The summed E-state index contributed by atoms with van der Waals surface area (Å²) in [6.07, 6.45) is 4.20. The van der Waals surface area contributed by atoms with Gasteiger partial charge in [-0.2, -0.15) is 16.1 Å². The third kappa shape index (κ3) is 9.56. The molecule has 0 radical (unpaired) electrons. The minimum Gasteiger partial charge on any atom is -0.373 e. The lowest BCUT2D eigenvalue weighted by Gasteiger charge is -2.35. The van der Waals surface area contributed by atoms with Gasteiger partial charge in [0, 0.05) is 18.7 Å². The Hall–Kier alpha value is -3.67. The molecule has 0 spiro atoms. The average Bonchev–Trinajstić information content (AvgIpc) is 3.15. The summed E-state index contributed by atoms with van der Waals surface area (Å²) >= 11 is 6.95. The van der Waals surface area contributed by atoms with E-state index in [1.54, 1.807) is 46.4 Å². The molecule has 0 aliphatic carbocycles. The molecule has 4 aromatic rings. The zero-order valence-corrected chi connectivity index (χ0v) is 30.7. The van der Waals surface area contributed by atoms with E-state index >= 15 is 0 Å². The molecule has 0 saturated carbocycles. The van der Waals surface area contributed by atoms with Gasteiger partial charge in [-0.3, -0.25) is 4.79 Å². The van der Waals surface area contributed by atoms with E-state index in [1.165, 1.54) is 0 Å². The van der Waals surface area contributed by atoms with Crippen LogP contribution in [0.4, 0.5) is 0 Å². The predicted octanol–water partition coefficient (Wildman–Crippen LogP) is 7.44. The number of hydrogen-bond donors (Lipinski definition) is 1. The van der Waals surface area contributed by atoms with Crippen LogP contribution in [0.25, 0.3) is 11.1 Å². The van der Waals surface area contributed by atoms with Gasteiger partial charge >= 0.3 is 5.97 Å². The van der Waals surface area contributed by atoms with E-state index in [4.69, 9.17) is 16.6 Å². The molecule has 1 aliphatic heterocycles. The van der Waals surface area contributed by atoms with Gasteiger partial charge in [0.2, 0.25) is 10.0 Å². The van der Waals surface area contributed by atoms with Crippen LogP contribution in [0.2, 0.25) is 0 Å². The highest BCUT2D eigenvalue weighted by atomic mass is 35.5. The molecule has 50 heavy (non-hydrogen) atoms. The number of sulfonamides is 1. The number of halogens is 1. The lowest BCUT2D eigenvalue weighted by molar-refractivity contribution is -0.136. The smallest absolute Gasteiger partial charge is 0.346 e. The van der Waals surface area contributed by atoms with Gasteiger partial charge in [0.25, 0.3) is 5.91 Å². The number of hydrogen-bond acceptors (Lipinski definition) is 7. The third-order valence-electron chi connectivity index (χ3n) is 9.19. The number of rotatable bonds is 15. The van der Waals surface area contributed by atoms with Crippen LogP contribution in [0.5, 0.6) is 0 Å². The summed E-state index contributed by atoms with van der Waals surface area (Å²) in [6, 6.07) is 31.3. The molecule has 5 rings (SSSR count). The van der Waals surface area contributed by atoms with Crippen molar-refractivity contribution in [3.63, 3.8) is 0 Å². The van der Waals surface area contributed by atoms with Crippen LogP contribution in [0.15, 0.2) is 108 Å². The molecule has 2 atom stereocenters. The maximum atomic E-state index is 13.7. The number of aryl methyl sites for hydroxylation is 1. The minimum atomic E-state index is -3.56. The maximum absolute atomic E-state index is 13.7. The van der Waals surface area contributed by atoms with Crippen LogP contribution in [0.3, 0.4) is 0 Å². The number of amides is 1. The molecule has 264 valence electrons. The number of piperidine rings is 1. The summed E-state index contributed by atoms with van der Waals surface area (Å²) in [6.45, 7) is 3.14. The van der Waals surface area contributed by atoms with Gasteiger partial charge in [-0.1, -0.05) is 78.9 Å². The highest BCUT2D eigenvalue weighted by molar-refractivity contribution is 7.98. The third-order valence-corrected chi connectivity index (χ3v) is 11.9. The number of nitrogens with zero attached hydrogens (tertiary/aromatic N) is 1. The van der Waals surface area contributed by atoms with Gasteiger partial charge in [-0.25, -0.2) is 13.2 Å². The van der Waals surface area contributed by atoms with E-state index < -0.39 is 27.9 Å². The molecule has 2 unspecified atom stereocenters. The number of nitrogens with one attached hydrogen (secondary N) is 1. The molecule has 1 fully saturated rings. The SMILES string of the molecule is CSCCC(NC(=O)c1ccc(COC(Cc2ccccc2)C2CCN(S(=O)(=O)c3ccccc3)CC2)cc1-c1ccccc1C)C(=O)OCl. The average molecular weight is 735 g/mol. The van der Waals surface area contributed by atoms with Crippen molar-refractivity contribution in [2.45, 2.75) is 56.3 Å². The Balaban J connectivity index is 1.37. The van der Waals surface area contributed by atoms with Crippen molar-refractivity contribution in [1.82, 2.24) is 9.62 Å². The van der Waals surface area contributed by atoms with Gasteiger partial charge in [-0.15, -0.1) is 0 Å². The molecule has 0 aromatic heterocycles. The van der Waals surface area contributed by atoms with E-state index in [1.807, 2.05) is 73.8 Å². The Morgan fingerprint density at radius 1 is 0.900 bits per heavy atom. The Morgan fingerprint density at radius 3 is 2.22 bits per heavy atom. The first-order valence-electron chi connectivity index (χ1n) is 16.7. The fourth-order valence-corrected chi connectivity index (χ4v) is 8.46. The maximum Gasteiger partial charge on any atom is 0.346 e. The molecule has 1 aliphatic rings. The van der Waals surface area contributed by atoms with Gasteiger partial charge in [0.1, 0.15) is 17.9 Å². The molecule has 1 saturated heterocycles. The number of benzene rings is 4. The van der Waals surface area contributed by atoms with Gasteiger partial charge in [0.05, 0.1) is 17.6 Å². The summed E-state index contributed by atoms with van der Waals surface area (Å²) in [5.74, 6) is -0.310. The second-order valence-corrected chi connectivity index (χ2v) is 15.6. The molecular formula is C39H43ClN2O6S2. The fourth-order valence-electron chi connectivity index (χ4n) is 6.39. The van der Waals surface area contributed by atoms with Crippen molar-refractivity contribution in [2.24, 2.45) is 5.92 Å². The zero-order chi connectivity index (χ0) is 35.5. The summed E-state index contributed by atoms with van der Waals surface area (Å²) in [4.78, 5) is 26.3. The Bertz CT molecular complexity index is 1830. The summed E-state index contributed by atoms with van der Waals surface area (Å²) in [5, 5.41) is 2.82. The van der Waals surface area contributed by atoms with Crippen LogP contribution in [-0.2, 0) is 36.9 Å². The molecule has 1 amide bonds. The van der Waals surface area contributed by atoms with Crippen molar-refractivity contribution < 1.29 is 27.0 Å². The molecular weight excluding hydrogens is 692 g/mol. The Labute approximate surface area is 304 Å². The van der Waals surface area contributed by atoms with Crippen LogP contribution >= 0.6 is 23.6 Å². The van der Waals surface area contributed by atoms with Gasteiger partial charge < -0.3 is 14.3 Å². The van der Waals surface area contributed by atoms with Crippen LogP contribution < -0.4 is 5.32 Å². The zero-order valence-electron chi connectivity index (χ0n) is 28.3. The number of thioether (sulfide) groups is 1. The van der Waals surface area contributed by atoms with E-state index in [2.05, 4.69) is 21.7 Å². The van der Waals surface area contributed by atoms with Crippen molar-refractivity contribution in [3.05, 3.63) is 125 Å². The van der Waals surface area contributed by atoms with Crippen molar-refractivity contribution in [3.8, 4) is 11.1 Å². The molecule has 1 N–H and O–H groups in total. The van der Waals surface area contributed by atoms with E-state index in [-0.39, 0.29) is 12.0 Å². The Kier molecular flexibility index (Phi) is 13.5. The van der Waals surface area contributed by atoms with Crippen molar-refractivity contribution in [1.29, 1.82) is 0 Å². The van der Waals surface area contributed by atoms with E-state index in [0.717, 1.165) is 27.8 Å². The van der Waals surface area contributed by atoms with Crippen LogP contribution in [-0.4, -0.2) is 61.8 Å². The standard InChI is InChI=1S/C39H43ClN2O6S2/c1-28-11-9-10-16-33(28)35-25-30(17-18-34(35)38(43)41-36(21-24-49-2)39(44)48-40)27-47-37(26-29-12-5-3-6-13-29)31-19-22-42(23-20-31)50(45,46)32-14-7-4-8-15-32/h3-18,25,31,36-37H,19-24,26-27H2,1-2H3,(H,41,43). The summed E-state index contributed by atoms with van der Waals surface area (Å²) in [7, 11) is -3.56. The molecule has 11 heteroatoms. The number of ether oxygens (including phenoxy) is 1. The van der Waals surface area contributed by atoms with E-state index in [9.17, 15) is 18.0 Å². The monoisotopic (exact) mass is 734 g/mol. The second kappa shape index (κ2) is 18.0. The van der Waals surface area contributed by atoms with Gasteiger partial charge in [0.15, 0.2) is 0 Å². The minimum absolute atomic E-state index is 0.150. The topological polar surface area (TPSA) is 102 Å². The van der Waals surface area contributed by atoms with E-state index in [0.29, 0.717) is 61.6 Å². The Morgan fingerprint density at radius 2 is 1.56 bits per heavy atom. The lowest BCUT2D eigenvalue weighted by Crippen LogP contribution is -2.42. The fraction of sp³-hybridized carbons (Fsp3) is 0.333. The molecule has 8 nitrogen and oxygen atoms in total. The van der Waals surface area contributed by atoms with Crippen LogP contribution in [0.1, 0.15) is 46.3 Å². The first-order valence-corrected chi connectivity index (χ1v) is 19.9. The van der Waals surface area contributed by atoms with Crippen molar-refractivity contribution >= 4 is 45.5 Å². The summed E-state index contributed by atoms with van der Waals surface area (Å²) < 4.78 is 39.3. The molecule has 1 heterocycles. The van der Waals surface area contributed by atoms with Crippen molar-refractivity contribution in [2.75, 3.05) is 25.1 Å². The normalized spacial score (nSPS) is 15.3. The molecule has 0 bridgehead atoms. The van der Waals surface area contributed by atoms with Crippen LogP contribution in [0, 0.1) is 12.8 Å². The quantitative estimate of drug-likeness (QED) is 0.136. The molecule has 4 aromatic carbocycles. The predicted molar refractivity (Wildman–Crippen MR) is 199 cm³/mol. The highest BCUT2D eigenvalue weighted by Gasteiger charge is 2.33. The summed E-state index contributed by atoms with van der Waals surface area (Å²) in [5.41, 5.74) is 5.08. The highest BCUT2D eigenvalue weighted by Crippen LogP contribution is 2.32. The second-order valence-electron chi connectivity index (χ2n) is 12.5.